The minimum Gasteiger partial charge on any atom is -0.490 e. The first kappa shape index (κ1) is 39.9. The zero-order valence-corrected chi connectivity index (χ0v) is 30.0. The van der Waals surface area contributed by atoms with Gasteiger partial charge in [0.05, 0.1) is 18.8 Å². The van der Waals surface area contributed by atoms with E-state index in [1.165, 1.54) is 0 Å². The second-order valence-corrected chi connectivity index (χ2v) is 13.8. The quantitative estimate of drug-likeness (QED) is 0.123. The highest BCUT2D eigenvalue weighted by Gasteiger charge is 2.31. The summed E-state index contributed by atoms with van der Waals surface area (Å²) in [6, 6.07) is 15.4. The number of aliphatic hydroxyl groups excluding tert-OH is 1. The molecule has 0 heterocycles. The van der Waals surface area contributed by atoms with Crippen LogP contribution in [0.1, 0.15) is 91.7 Å². The lowest BCUT2D eigenvalue weighted by Gasteiger charge is -2.32. The van der Waals surface area contributed by atoms with Crippen molar-refractivity contribution in [1.29, 1.82) is 0 Å². The molecule has 2 aromatic rings. The Bertz CT molecular complexity index is 1180. The van der Waals surface area contributed by atoms with Crippen LogP contribution in [-0.2, 0) is 27.3 Å². The molecule has 4 atom stereocenters. The van der Waals surface area contributed by atoms with Crippen LogP contribution in [0.15, 0.2) is 48.5 Å². The molecule has 0 bridgehead atoms. The summed E-state index contributed by atoms with van der Waals surface area (Å²) in [6.07, 6.45) is 2.52. The lowest BCUT2D eigenvalue weighted by atomic mass is 9.82. The van der Waals surface area contributed by atoms with E-state index in [1.54, 1.807) is 27.9 Å². The minimum absolute atomic E-state index is 0.0932. The number of carbonyl (C=O) groups excluding carboxylic acids is 2. The number of alkyl carbamates (subject to hydrolysis) is 1. The van der Waals surface area contributed by atoms with Crippen LogP contribution in [0.2, 0.25) is 0 Å². The monoisotopic (exact) mass is 656 g/mol. The molecule has 9 heteroatoms. The second kappa shape index (κ2) is 20.8. The van der Waals surface area contributed by atoms with Crippen LogP contribution in [0.5, 0.6) is 11.5 Å². The first-order valence-corrected chi connectivity index (χ1v) is 17.2. The first-order chi connectivity index (χ1) is 22.3. The predicted octanol–water partition coefficient (Wildman–Crippen LogP) is 7.08. The summed E-state index contributed by atoms with van der Waals surface area (Å²) in [7, 11) is 1.67. The fourth-order valence-corrected chi connectivity index (χ4v) is 5.22. The van der Waals surface area contributed by atoms with E-state index in [2.05, 4.69) is 31.4 Å². The van der Waals surface area contributed by atoms with E-state index in [0.717, 1.165) is 30.4 Å². The maximum atomic E-state index is 12.9. The number of aliphatic hydroxyl groups is 1. The summed E-state index contributed by atoms with van der Waals surface area (Å²) in [4.78, 5) is 25.6. The summed E-state index contributed by atoms with van der Waals surface area (Å²) < 4.78 is 23.1. The summed E-state index contributed by atoms with van der Waals surface area (Å²) in [5.74, 6) is 1.16. The highest BCUT2D eigenvalue weighted by molar-refractivity contribution is 5.78. The average molecular weight is 657 g/mol. The Morgan fingerprint density at radius 2 is 1.62 bits per heavy atom. The number of hydrogen-bond donors (Lipinski definition) is 3. The number of unbranched alkanes of at least 4 members (excludes halogenated alkanes) is 1. The number of nitrogens with one attached hydrogen (secondary N) is 2. The molecule has 264 valence electrons. The van der Waals surface area contributed by atoms with Crippen molar-refractivity contribution in [1.82, 2.24) is 10.6 Å². The van der Waals surface area contributed by atoms with Crippen molar-refractivity contribution in [2.75, 3.05) is 26.9 Å². The van der Waals surface area contributed by atoms with Crippen LogP contribution >= 0.6 is 0 Å². The molecule has 0 saturated carbocycles. The van der Waals surface area contributed by atoms with E-state index in [1.807, 2.05) is 55.5 Å². The van der Waals surface area contributed by atoms with Gasteiger partial charge < -0.3 is 34.7 Å². The van der Waals surface area contributed by atoms with Crippen molar-refractivity contribution in [3.8, 4) is 11.5 Å². The molecule has 47 heavy (non-hydrogen) atoms. The molecule has 0 radical (unpaired) electrons. The van der Waals surface area contributed by atoms with Gasteiger partial charge in [0.1, 0.15) is 12.2 Å². The Morgan fingerprint density at radius 1 is 0.894 bits per heavy atom. The van der Waals surface area contributed by atoms with E-state index in [4.69, 9.17) is 18.9 Å². The number of rotatable bonds is 21. The normalized spacial score (nSPS) is 14.2. The van der Waals surface area contributed by atoms with Gasteiger partial charge in [-0.05, 0) is 81.5 Å². The Hall–Kier alpha value is -3.30. The molecule has 0 aliphatic carbocycles. The summed E-state index contributed by atoms with van der Waals surface area (Å²) in [5.41, 5.74) is 1.44. The molecule has 0 unspecified atom stereocenters. The zero-order chi connectivity index (χ0) is 34.8. The smallest absolute Gasteiger partial charge is 0.407 e. The van der Waals surface area contributed by atoms with Gasteiger partial charge in [0.2, 0.25) is 5.91 Å². The topological polar surface area (TPSA) is 115 Å². The van der Waals surface area contributed by atoms with Crippen molar-refractivity contribution in [3.05, 3.63) is 59.7 Å². The Kier molecular flexibility index (Phi) is 17.7. The Labute approximate surface area is 283 Å². The highest BCUT2D eigenvalue weighted by atomic mass is 16.6. The number of benzene rings is 2. The molecule has 0 saturated heterocycles. The molecule has 3 N–H and O–H groups in total. The van der Waals surface area contributed by atoms with Gasteiger partial charge in [-0.3, -0.25) is 4.79 Å². The third-order valence-electron chi connectivity index (χ3n) is 8.03. The third-order valence-corrected chi connectivity index (χ3v) is 8.03. The fourth-order valence-electron chi connectivity index (χ4n) is 5.22. The first-order valence-electron chi connectivity index (χ1n) is 17.2. The predicted molar refractivity (Wildman–Crippen MR) is 187 cm³/mol. The average Bonchev–Trinajstić information content (AvgIpc) is 3.01. The largest absolute Gasteiger partial charge is 0.490 e. The van der Waals surface area contributed by atoms with Crippen molar-refractivity contribution in [2.24, 2.45) is 17.8 Å². The molecule has 2 aromatic carbocycles. The van der Waals surface area contributed by atoms with E-state index in [0.29, 0.717) is 50.7 Å². The molecule has 0 spiro atoms. The lowest BCUT2D eigenvalue weighted by molar-refractivity contribution is -0.125. The van der Waals surface area contributed by atoms with Gasteiger partial charge in [0.25, 0.3) is 0 Å². The second-order valence-electron chi connectivity index (χ2n) is 13.8. The molecular formula is C38H60N2O7. The van der Waals surface area contributed by atoms with Gasteiger partial charge in [-0.25, -0.2) is 4.79 Å². The van der Waals surface area contributed by atoms with Gasteiger partial charge >= 0.3 is 6.09 Å². The number of carbonyl (C=O) groups is 2. The molecule has 2 amide bonds. The van der Waals surface area contributed by atoms with E-state index < -0.39 is 29.8 Å². The summed E-state index contributed by atoms with van der Waals surface area (Å²) in [6.45, 7) is 15.7. The maximum Gasteiger partial charge on any atom is 0.407 e. The van der Waals surface area contributed by atoms with Crippen LogP contribution in [0.25, 0.3) is 0 Å². The van der Waals surface area contributed by atoms with Crippen LogP contribution in [0.3, 0.4) is 0 Å². The number of methoxy groups -OCH3 is 1. The summed E-state index contributed by atoms with van der Waals surface area (Å²) in [5, 5.41) is 17.3. The number of hydrogen-bond acceptors (Lipinski definition) is 7. The van der Waals surface area contributed by atoms with Crippen LogP contribution in [0, 0.1) is 17.8 Å². The van der Waals surface area contributed by atoms with Crippen LogP contribution in [-0.4, -0.2) is 61.7 Å². The van der Waals surface area contributed by atoms with Crippen molar-refractivity contribution < 1.29 is 33.6 Å². The van der Waals surface area contributed by atoms with E-state index in [9.17, 15) is 14.7 Å². The summed E-state index contributed by atoms with van der Waals surface area (Å²) >= 11 is 0. The lowest BCUT2D eigenvalue weighted by Crippen LogP contribution is -2.48. The fraction of sp³-hybridized carbons (Fsp3) is 0.632. The molecule has 0 fully saturated rings. The standard InChI is InChI=1S/C38H60N2O7/c1-9-10-19-39-36(42)28(4)22-33(41)32(40-37(43)47-38(5,6)7)25-31(27(2)3)23-30-17-18-34(35(24-30)45-21-14-20-44-8)46-26-29-15-12-11-13-16-29/h11-13,15-18,24,27-28,31-33,41H,9-10,14,19-23,25-26H2,1-8H3,(H,39,42)(H,40,43)/t28-,31+,32+,33+/m1/s1. The third kappa shape index (κ3) is 15.9. The Balaban J connectivity index is 2.26. The number of ether oxygens (including phenoxy) is 4. The highest BCUT2D eigenvalue weighted by Crippen LogP contribution is 2.33. The minimum atomic E-state index is -0.941. The molecule has 0 aliphatic heterocycles. The van der Waals surface area contributed by atoms with Crippen molar-refractivity contribution in [2.45, 2.75) is 111 Å². The molecule has 9 nitrogen and oxygen atoms in total. The van der Waals surface area contributed by atoms with Crippen LogP contribution < -0.4 is 20.1 Å². The van der Waals surface area contributed by atoms with E-state index >= 15 is 0 Å². The molecule has 0 aromatic heterocycles. The zero-order valence-electron chi connectivity index (χ0n) is 30.0. The Morgan fingerprint density at radius 3 is 2.26 bits per heavy atom. The SMILES string of the molecule is CCCCNC(=O)[C@H](C)C[C@H](O)[C@H](C[C@H](Cc1ccc(OCc2ccccc2)c(OCCCOC)c1)C(C)C)NC(=O)OC(C)(C)C. The molecule has 2 rings (SSSR count). The maximum absolute atomic E-state index is 12.9. The van der Waals surface area contributed by atoms with Crippen LogP contribution in [0.4, 0.5) is 4.79 Å². The van der Waals surface area contributed by atoms with Gasteiger partial charge in [-0.1, -0.05) is 70.5 Å². The molecular weight excluding hydrogens is 596 g/mol. The van der Waals surface area contributed by atoms with Crippen molar-refractivity contribution >= 4 is 12.0 Å². The van der Waals surface area contributed by atoms with Gasteiger partial charge in [0.15, 0.2) is 11.5 Å². The van der Waals surface area contributed by atoms with Crippen molar-refractivity contribution in [3.63, 3.8) is 0 Å². The van der Waals surface area contributed by atoms with Gasteiger partial charge in [-0.2, -0.15) is 0 Å². The molecule has 0 aliphatic rings. The van der Waals surface area contributed by atoms with Gasteiger partial charge in [0, 0.05) is 32.6 Å². The van der Waals surface area contributed by atoms with E-state index in [-0.39, 0.29) is 24.2 Å². The van der Waals surface area contributed by atoms with Gasteiger partial charge in [-0.15, -0.1) is 0 Å². The number of amides is 2.